The van der Waals surface area contributed by atoms with E-state index in [4.69, 9.17) is 5.11 Å². The third-order valence-electron chi connectivity index (χ3n) is 4.17. The Kier molecular flexibility index (Phi) is 5.27. The number of carbonyl (C=O) groups excluding carboxylic acids is 1. The van der Waals surface area contributed by atoms with Crippen LogP contribution in [-0.4, -0.2) is 39.9 Å². The van der Waals surface area contributed by atoms with Gasteiger partial charge in [0.05, 0.1) is 10.8 Å². The Balaban J connectivity index is 1.86. The van der Waals surface area contributed by atoms with Gasteiger partial charge in [0.1, 0.15) is 6.54 Å². The van der Waals surface area contributed by atoms with Crippen LogP contribution in [0.3, 0.4) is 0 Å². The van der Waals surface area contributed by atoms with Gasteiger partial charge in [-0.15, -0.1) is 11.8 Å². The number of nitrogens with zero attached hydrogens (tertiary/aromatic N) is 1. The average Bonchev–Trinajstić information content (AvgIpc) is 2.74. The van der Waals surface area contributed by atoms with Crippen LogP contribution in [0.4, 0.5) is 5.69 Å². The molecule has 0 aliphatic carbocycles. The molecular formula is C19H17NO5S. The Morgan fingerprint density at radius 1 is 1.08 bits per heavy atom. The van der Waals surface area contributed by atoms with Crippen LogP contribution in [0.5, 0.6) is 0 Å². The lowest BCUT2D eigenvalue weighted by atomic mass is 10.1. The van der Waals surface area contributed by atoms with E-state index in [2.05, 4.69) is 0 Å². The van der Waals surface area contributed by atoms with Crippen LogP contribution < -0.4 is 4.90 Å². The molecule has 0 saturated heterocycles. The summed E-state index contributed by atoms with van der Waals surface area (Å²) in [7, 11) is 0. The molecule has 6 nitrogen and oxygen atoms in total. The van der Waals surface area contributed by atoms with E-state index in [1.165, 1.54) is 28.8 Å². The molecule has 1 heterocycles. The zero-order valence-corrected chi connectivity index (χ0v) is 14.6. The van der Waals surface area contributed by atoms with Crippen molar-refractivity contribution < 1.29 is 24.6 Å². The van der Waals surface area contributed by atoms with Crippen LogP contribution in [0.1, 0.15) is 22.3 Å². The van der Waals surface area contributed by atoms with E-state index in [9.17, 15) is 19.5 Å². The Hall–Kier alpha value is -2.80. The molecule has 1 aliphatic heterocycles. The van der Waals surface area contributed by atoms with Gasteiger partial charge in [0.2, 0.25) is 5.91 Å². The standard InChI is InChI=1S/C19H17NO5S/c21-17(22)11-20-15-4-2-1-3-12(15)7-10-16(18(20)23)26-14-8-5-13(6-9-14)19(24)25/h1-6,8-9,16H,7,10-11H2,(H,21,22)(H,24,25). The van der Waals surface area contributed by atoms with Crippen molar-refractivity contribution in [2.24, 2.45) is 0 Å². The van der Waals surface area contributed by atoms with Gasteiger partial charge in [-0.05, 0) is 48.7 Å². The minimum absolute atomic E-state index is 0.182. The first kappa shape index (κ1) is 18.0. The summed E-state index contributed by atoms with van der Waals surface area (Å²) in [5, 5.41) is 17.7. The number of para-hydroxylation sites is 1. The maximum absolute atomic E-state index is 13.0. The summed E-state index contributed by atoms with van der Waals surface area (Å²) in [6.07, 6.45) is 1.25. The Labute approximate surface area is 154 Å². The van der Waals surface area contributed by atoms with Gasteiger partial charge < -0.3 is 10.2 Å². The van der Waals surface area contributed by atoms with E-state index < -0.39 is 17.2 Å². The van der Waals surface area contributed by atoms with Crippen molar-refractivity contribution in [3.05, 3.63) is 59.7 Å². The largest absolute Gasteiger partial charge is 0.480 e. The first-order valence-electron chi connectivity index (χ1n) is 8.07. The number of carboxylic acid groups (broad SMARTS) is 2. The molecule has 1 aliphatic rings. The SMILES string of the molecule is O=C(O)CN1C(=O)C(Sc2ccc(C(=O)O)cc2)CCc2ccccc21. The number of anilines is 1. The monoisotopic (exact) mass is 371 g/mol. The predicted octanol–water partition coefficient (Wildman–Crippen LogP) is 2.91. The lowest BCUT2D eigenvalue weighted by molar-refractivity contribution is -0.136. The second-order valence-corrected chi connectivity index (χ2v) is 7.20. The molecule has 2 aromatic carbocycles. The quantitative estimate of drug-likeness (QED) is 0.839. The molecule has 0 bridgehead atoms. The molecule has 1 amide bonds. The number of amides is 1. The maximum Gasteiger partial charge on any atom is 0.335 e. The van der Waals surface area contributed by atoms with Gasteiger partial charge in [-0.25, -0.2) is 4.79 Å². The third-order valence-corrected chi connectivity index (χ3v) is 5.44. The Morgan fingerprint density at radius 3 is 2.42 bits per heavy atom. The number of aliphatic carboxylic acids is 1. The van der Waals surface area contributed by atoms with Gasteiger partial charge >= 0.3 is 11.9 Å². The highest BCUT2D eigenvalue weighted by Gasteiger charge is 2.32. The lowest BCUT2D eigenvalue weighted by Gasteiger charge is -2.24. The maximum atomic E-state index is 13.0. The highest BCUT2D eigenvalue weighted by molar-refractivity contribution is 8.00. The number of fused-ring (bicyclic) bond motifs is 1. The third kappa shape index (κ3) is 3.88. The van der Waals surface area contributed by atoms with Crippen molar-refractivity contribution in [3.8, 4) is 0 Å². The summed E-state index contributed by atoms with van der Waals surface area (Å²) in [6, 6.07) is 13.7. The van der Waals surface area contributed by atoms with Gasteiger partial charge in [0.15, 0.2) is 0 Å². The van der Waals surface area contributed by atoms with Crippen molar-refractivity contribution in [1.29, 1.82) is 0 Å². The molecule has 0 spiro atoms. The molecule has 1 unspecified atom stereocenters. The number of thioether (sulfide) groups is 1. The van der Waals surface area contributed by atoms with E-state index in [1.807, 2.05) is 12.1 Å². The first-order chi connectivity index (χ1) is 12.5. The van der Waals surface area contributed by atoms with Crippen molar-refractivity contribution in [3.63, 3.8) is 0 Å². The van der Waals surface area contributed by atoms with E-state index in [0.29, 0.717) is 18.5 Å². The van der Waals surface area contributed by atoms with Gasteiger partial charge in [-0.2, -0.15) is 0 Å². The number of hydrogen-bond donors (Lipinski definition) is 2. The molecular weight excluding hydrogens is 354 g/mol. The van der Waals surface area contributed by atoms with Crippen LogP contribution in [-0.2, 0) is 16.0 Å². The molecule has 0 aromatic heterocycles. The topological polar surface area (TPSA) is 94.9 Å². The summed E-state index contributed by atoms with van der Waals surface area (Å²) >= 11 is 1.33. The Bertz CT molecular complexity index is 849. The summed E-state index contributed by atoms with van der Waals surface area (Å²) in [4.78, 5) is 37.3. The van der Waals surface area contributed by atoms with Crippen molar-refractivity contribution >= 4 is 35.3 Å². The summed E-state index contributed by atoms with van der Waals surface area (Å²) in [5.41, 5.74) is 1.78. The normalized spacial score (nSPS) is 16.7. The van der Waals surface area contributed by atoms with Crippen LogP contribution in [0.2, 0.25) is 0 Å². The zero-order valence-electron chi connectivity index (χ0n) is 13.8. The molecule has 7 heteroatoms. The number of aromatic carboxylic acids is 1. The summed E-state index contributed by atoms with van der Waals surface area (Å²) < 4.78 is 0. The molecule has 134 valence electrons. The number of carboxylic acids is 2. The van der Waals surface area contributed by atoms with E-state index >= 15 is 0 Å². The van der Waals surface area contributed by atoms with Crippen molar-refractivity contribution in [2.75, 3.05) is 11.4 Å². The number of aryl methyl sites for hydroxylation is 1. The van der Waals surface area contributed by atoms with Crippen LogP contribution in [0.15, 0.2) is 53.4 Å². The lowest BCUT2D eigenvalue weighted by Crippen LogP contribution is -2.40. The summed E-state index contributed by atoms with van der Waals surface area (Å²) in [5.74, 6) is -2.32. The summed E-state index contributed by atoms with van der Waals surface area (Å²) in [6.45, 7) is -0.384. The second kappa shape index (κ2) is 7.61. The first-order valence-corrected chi connectivity index (χ1v) is 8.95. The van der Waals surface area contributed by atoms with Crippen LogP contribution in [0, 0.1) is 0 Å². The zero-order chi connectivity index (χ0) is 18.7. The molecule has 1 atom stereocenters. The van der Waals surface area contributed by atoms with Crippen molar-refractivity contribution in [2.45, 2.75) is 23.0 Å². The molecule has 3 rings (SSSR count). The predicted molar refractivity (Wildman–Crippen MR) is 97.8 cm³/mol. The Morgan fingerprint density at radius 2 is 1.77 bits per heavy atom. The molecule has 0 saturated carbocycles. The average molecular weight is 371 g/mol. The molecule has 0 fully saturated rings. The molecule has 0 radical (unpaired) electrons. The fourth-order valence-corrected chi connectivity index (χ4v) is 4.02. The van der Waals surface area contributed by atoms with Crippen LogP contribution >= 0.6 is 11.8 Å². The number of carbonyl (C=O) groups is 3. The van der Waals surface area contributed by atoms with E-state index in [-0.39, 0.29) is 18.0 Å². The second-order valence-electron chi connectivity index (χ2n) is 5.92. The minimum atomic E-state index is -1.07. The molecule has 2 N–H and O–H groups in total. The van der Waals surface area contributed by atoms with Gasteiger partial charge in [0.25, 0.3) is 0 Å². The van der Waals surface area contributed by atoms with Crippen molar-refractivity contribution in [1.82, 2.24) is 0 Å². The molecule has 2 aromatic rings. The van der Waals surface area contributed by atoms with Gasteiger partial charge in [-0.3, -0.25) is 14.5 Å². The number of hydrogen-bond acceptors (Lipinski definition) is 4. The van der Waals surface area contributed by atoms with Gasteiger partial charge in [-0.1, -0.05) is 18.2 Å². The number of benzene rings is 2. The van der Waals surface area contributed by atoms with Gasteiger partial charge in [0, 0.05) is 10.6 Å². The van der Waals surface area contributed by atoms with E-state index in [0.717, 1.165) is 10.5 Å². The molecule has 26 heavy (non-hydrogen) atoms. The highest BCUT2D eigenvalue weighted by Crippen LogP contribution is 2.34. The fourth-order valence-electron chi connectivity index (χ4n) is 2.94. The van der Waals surface area contributed by atoms with E-state index in [1.54, 1.807) is 24.3 Å². The highest BCUT2D eigenvalue weighted by atomic mass is 32.2. The smallest absolute Gasteiger partial charge is 0.335 e. The fraction of sp³-hybridized carbons (Fsp3) is 0.211. The number of rotatable bonds is 5. The minimum Gasteiger partial charge on any atom is -0.480 e. The van der Waals surface area contributed by atoms with Crippen LogP contribution in [0.25, 0.3) is 0 Å².